The highest BCUT2D eigenvalue weighted by atomic mass is 79.9. The Morgan fingerprint density at radius 1 is 0.457 bits per heavy atom. The van der Waals surface area contributed by atoms with Crippen LogP contribution in [0, 0.1) is 0 Å². The number of hydrogen-bond donors (Lipinski definition) is 0. The van der Waals surface area contributed by atoms with Crippen molar-refractivity contribution in [2.75, 3.05) is 24.7 Å². The zero-order chi connectivity index (χ0) is 24.4. The Labute approximate surface area is 223 Å². The molecule has 0 spiro atoms. The maximum atomic E-state index is 5.72. The summed E-state index contributed by atoms with van der Waals surface area (Å²) in [5.41, 5.74) is 0. The third kappa shape index (κ3) is 9.16. The predicted molar refractivity (Wildman–Crippen MR) is 161 cm³/mol. The molecule has 0 fully saturated rings. The number of benzene rings is 3. The molecule has 188 valence electrons. The average Bonchev–Trinajstić information content (AvgIpc) is 2.93. The number of unbranched alkanes of at least 4 members (excludes halogenated alkanes) is 8. The monoisotopic (exact) mass is 553 g/mol. The summed E-state index contributed by atoms with van der Waals surface area (Å²) < 4.78 is 5.72. The predicted octanol–water partition coefficient (Wildman–Crippen LogP) is 8.29. The van der Waals surface area contributed by atoms with Crippen molar-refractivity contribution in [1.29, 1.82) is 0 Å². The summed E-state index contributed by atoms with van der Waals surface area (Å²) in [6.07, 6.45) is 14.2. The van der Waals surface area contributed by atoms with Gasteiger partial charge in [0.2, 0.25) is 0 Å². The molecule has 0 aliphatic carbocycles. The highest BCUT2D eigenvalue weighted by Gasteiger charge is 2.44. The molecular formula is C32H43BrOP+. The van der Waals surface area contributed by atoms with E-state index in [-0.39, 0.29) is 0 Å². The quantitative estimate of drug-likeness (QED) is 0.0873. The first-order valence-corrected chi connectivity index (χ1v) is 16.7. The summed E-state index contributed by atoms with van der Waals surface area (Å²) in [6.45, 7) is 1.86. The lowest BCUT2D eigenvalue weighted by Crippen LogP contribution is -2.33. The van der Waals surface area contributed by atoms with Crippen molar-refractivity contribution in [3.63, 3.8) is 0 Å². The topological polar surface area (TPSA) is 9.23 Å². The second-order valence-corrected chi connectivity index (χ2v) is 13.8. The van der Waals surface area contributed by atoms with Gasteiger partial charge in [-0.1, -0.05) is 103 Å². The molecule has 3 heteroatoms. The molecule has 3 aromatic carbocycles. The van der Waals surface area contributed by atoms with Crippen LogP contribution in [-0.2, 0) is 4.74 Å². The molecular weight excluding hydrogens is 511 g/mol. The van der Waals surface area contributed by atoms with Gasteiger partial charge in [-0.05, 0) is 68.5 Å². The van der Waals surface area contributed by atoms with E-state index in [9.17, 15) is 0 Å². The lowest BCUT2D eigenvalue weighted by Gasteiger charge is -2.27. The molecule has 0 amide bonds. The van der Waals surface area contributed by atoms with Crippen LogP contribution in [0.25, 0.3) is 0 Å². The van der Waals surface area contributed by atoms with Crippen molar-refractivity contribution < 1.29 is 4.74 Å². The fourth-order valence-electron chi connectivity index (χ4n) is 4.90. The van der Waals surface area contributed by atoms with Crippen LogP contribution in [-0.4, -0.2) is 24.7 Å². The minimum absolute atomic E-state index is 0.921. The van der Waals surface area contributed by atoms with E-state index in [4.69, 9.17) is 4.74 Å². The number of hydrogen-bond acceptors (Lipinski definition) is 1. The molecule has 0 aliphatic heterocycles. The van der Waals surface area contributed by atoms with Crippen LogP contribution in [0.1, 0.15) is 64.2 Å². The van der Waals surface area contributed by atoms with Crippen LogP contribution < -0.4 is 15.9 Å². The van der Waals surface area contributed by atoms with Crippen molar-refractivity contribution in [3.8, 4) is 0 Å². The molecule has 35 heavy (non-hydrogen) atoms. The van der Waals surface area contributed by atoms with Crippen molar-refractivity contribution in [2.45, 2.75) is 64.2 Å². The van der Waals surface area contributed by atoms with E-state index in [0.29, 0.717) is 0 Å². The summed E-state index contributed by atoms with van der Waals surface area (Å²) in [7, 11) is -1.65. The van der Waals surface area contributed by atoms with E-state index in [0.717, 1.165) is 18.5 Å². The van der Waals surface area contributed by atoms with Gasteiger partial charge in [0.05, 0.1) is 6.16 Å². The van der Waals surface area contributed by atoms with Gasteiger partial charge in [-0.3, -0.25) is 0 Å². The Hall–Kier alpha value is -1.47. The number of halogens is 1. The molecule has 0 unspecified atom stereocenters. The van der Waals surface area contributed by atoms with Gasteiger partial charge < -0.3 is 4.74 Å². The van der Waals surface area contributed by atoms with E-state index in [2.05, 4.69) is 107 Å². The highest BCUT2D eigenvalue weighted by molar-refractivity contribution is 9.09. The molecule has 0 radical (unpaired) electrons. The first kappa shape index (κ1) is 28.1. The largest absolute Gasteiger partial charge is 0.381 e. The number of ether oxygens (including phenoxy) is 1. The van der Waals surface area contributed by atoms with E-state index in [1.165, 1.54) is 86.3 Å². The first-order valence-electron chi connectivity index (χ1n) is 13.6. The Bertz CT molecular complexity index is 804. The van der Waals surface area contributed by atoms with Gasteiger partial charge in [0.1, 0.15) is 23.2 Å². The third-order valence-electron chi connectivity index (χ3n) is 6.80. The maximum absolute atomic E-state index is 5.72. The van der Waals surface area contributed by atoms with Crippen LogP contribution in [0.2, 0.25) is 0 Å². The molecule has 0 aliphatic rings. The van der Waals surface area contributed by atoms with E-state index < -0.39 is 7.26 Å². The van der Waals surface area contributed by atoms with Gasteiger partial charge in [0, 0.05) is 18.5 Å². The molecule has 1 nitrogen and oxygen atoms in total. The minimum Gasteiger partial charge on any atom is -0.381 e. The molecule has 0 atom stereocenters. The van der Waals surface area contributed by atoms with Crippen molar-refractivity contribution in [2.24, 2.45) is 0 Å². The molecule has 0 bridgehead atoms. The Morgan fingerprint density at radius 2 is 0.829 bits per heavy atom. The highest BCUT2D eigenvalue weighted by Crippen LogP contribution is 2.55. The van der Waals surface area contributed by atoms with Crippen LogP contribution in [0.5, 0.6) is 0 Å². The van der Waals surface area contributed by atoms with E-state index in [1.54, 1.807) is 0 Å². The van der Waals surface area contributed by atoms with E-state index >= 15 is 0 Å². The lowest BCUT2D eigenvalue weighted by atomic mass is 10.1. The Morgan fingerprint density at radius 3 is 1.26 bits per heavy atom. The summed E-state index contributed by atoms with van der Waals surface area (Å²) in [5, 5.41) is 5.61. The van der Waals surface area contributed by atoms with Crippen molar-refractivity contribution >= 4 is 39.1 Å². The number of rotatable bonds is 18. The van der Waals surface area contributed by atoms with Gasteiger partial charge in [-0.2, -0.15) is 0 Å². The summed E-state index contributed by atoms with van der Waals surface area (Å²) >= 11 is 3.47. The fourth-order valence-corrected chi connectivity index (χ4v) is 9.70. The molecule has 0 heterocycles. The SMILES string of the molecule is BrCCCCOCCCCCCCCCC[P+](c1ccccc1)(c1ccccc1)c1ccccc1. The Kier molecular flexibility index (Phi) is 13.7. The van der Waals surface area contributed by atoms with Crippen LogP contribution in [0.3, 0.4) is 0 Å². The third-order valence-corrected chi connectivity index (χ3v) is 11.9. The van der Waals surface area contributed by atoms with Gasteiger partial charge in [-0.15, -0.1) is 0 Å². The van der Waals surface area contributed by atoms with Crippen molar-refractivity contribution in [3.05, 3.63) is 91.0 Å². The zero-order valence-corrected chi connectivity index (χ0v) is 23.8. The fraction of sp³-hybridized carbons (Fsp3) is 0.438. The molecule has 0 aromatic heterocycles. The lowest BCUT2D eigenvalue weighted by molar-refractivity contribution is 0.127. The first-order chi connectivity index (χ1) is 17.4. The van der Waals surface area contributed by atoms with Gasteiger partial charge >= 0.3 is 0 Å². The Balaban J connectivity index is 1.49. The summed E-state index contributed by atoms with van der Waals surface area (Å²) in [5.74, 6) is 0. The minimum atomic E-state index is -1.65. The maximum Gasteiger partial charge on any atom is 0.112 e. The van der Waals surface area contributed by atoms with Crippen LogP contribution in [0.4, 0.5) is 0 Å². The molecule has 0 N–H and O–H groups in total. The molecule has 0 saturated heterocycles. The second kappa shape index (κ2) is 17.1. The molecule has 3 rings (SSSR count). The van der Waals surface area contributed by atoms with E-state index in [1.807, 2.05) is 0 Å². The average molecular weight is 555 g/mol. The zero-order valence-electron chi connectivity index (χ0n) is 21.3. The van der Waals surface area contributed by atoms with Gasteiger partial charge in [0.25, 0.3) is 0 Å². The number of alkyl halides is 1. The normalized spacial score (nSPS) is 11.6. The summed E-state index contributed by atoms with van der Waals surface area (Å²) in [4.78, 5) is 0. The molecule has 3 aromatic rings. The van der Waals surface area contributed by atoms with Gasteiger partial charge in [-0.25, -0.2) is 0 Å². The van der Waals surface area contributed by atoms with Gasteiger partial charge in [0.15, 0.2) is 0 Å². The second-order valence-electron chi connectivity index (χ2n) is 9.38. The van der Waals surface area contributed by atoms with Crippen molar-refractivity contribution in [1.82, 2.24) is 0 Å². The van der Waals surface area contributed by atoms with Crippen LogP contribution in [0.15, 0.2) is 91.0 Å². The standard InChI is InChI=1S/C32H43BrOP/c33-26-16-18-28-34-27-17-5-3-1-2-4-6-19-29-35(30-20-10-7-11-21-30,31-22-12-8-13-23-31)32-24-14-9-15-25-32/h7-15,20-25H,1-6,16-19,26-29H2/q+1. The smallest absolute Gasteiger partial charge is 0.112 e. The molecule has 0 saturated carbocycles. The summed E-state index contributed by atoms with van der Waals surface area (Å²) in [6, 6.07) is 33.9. The van der Waals surface area contributed by atoms with Crippen LogP contribution >= 0.6 is 23.2 Å².